The number of rotatable bonds is 9. The zero-order valence-electron chi connectivity index (χ0n) is 18.4. The van der Waals surface area contributed by atoms with Crippen LogP contribution in [0.25, 0.3) is 0 Å². The van der Waals surface area contributed by atoms with Crippen LogP contribution in [0.5, 0.6) is 0 Å². The first-order chi connectivity index (χ1) is 15.0. The average molecular weight is 457 g/mol. The van der Waals surface area contributed by atoms with Gasteiger partial charge in [0, 0.05) is 25.7 Å². The van der Waals surface area contributed by atoms with Gasteiger partial charge in [0.05, 0.1) is 6.54 Å². The monoisotopic (exact) mass is 456 g/mol. The van der Waals surface area contributed by atoms with E-state index in [0.717, 1.165) is 10.5 Å². The van der Waals surface area contributed by atoms with E-state index in [9.17, 15) is 27.6 Å². The van der Waals surface area contributed by atoms with Gasteiger partial charge in [-0.3, -0.25) is 14.4 Å². The van der Waals surface area contributed by atoms with E-state index in [0.29, 0.717) is 19.4 Å². The lowest BCUT2D eigenvalue weighted by atomic mass is 10.0. The molecule has 1 heterocycles. The third kappa shape index (κ3) is 6.94. The molecule has 2 atom stereocenters. The van der Waals surface area contributed by atoms with E-state index in [1.54, 1.807) is 44.2 Å². The van der Waals surface area contributed by atoms with E-state index >= 15 is 0 Å². The molecule has 0 saturated carbocycles. The van der Waals surface area contributed by atoms with Gasteiger partial charge in [-0.1, -0.05) is 44.2 Å². The fourth-order valence-corrected chi connectivity index (χ4v) is 3.86. The second-order valence-electron chi connectivity index (χ2n) is 8.31. The smallest absolute Gasteiger partial charge is 0.343 e. The first-order valence-corrected chi connectivity index (χ1v) is 10.7. The van der Waals surface area contributed by atoms with Crippen molar-refractivity contribution in [1.29, 1.82) is 0 Å². The summed E-state index contributed by atoms with van der Waals surface area (Å²) < 4.78 is 39.7. The van der Waals surface area contributed by atoms with Crippen molar-refractivity contribution in [2.45, 2.75) is 51.4 Å². The van der Waals surface area contributed by atoms with E-state index < -0.39 is 30.1 Å². The topological polar surface area (TPSA) is 95.7 Å². The maximum Gasteiger partial charge on any atom is 0.471 e. The van der Waals surface area contributed by atoms with Gasteiger partial charge in [0.1, 0.15) is 6.04 Å². The van der Waals surface area contributed by atoms with E-state index in [1.165, 1.54) is 4.90 Å². The lowest BCUT2D eigenvalue weighted by molar-refractivity contribution is -0.186. The number of likely N-dealkylation sites (tertiary alicyclic amines) is 1. The molecule has 0 bridgehead atoms. The number of carbonyl (C=O) groups is 3. The lowest BCUT2D eigenvalue weighted by Crippen LogP contribution is -2.56. The molecule has 32 heavy (non-hydrogen) atoms. The molecule has 1 aromatic rings. The number of nitrogens with one attached hydrogen (secondary N) is 1. The number of nitrogens with zero attached hydrogens (tertiary/aromatic N) is 2. The quantitative estimate of drug-likeness (QED) is 0.591. The molecular weight excluding hydrogens is 425 g/mol. The van der Waals surface area contributed by atoms with Crippen molar-refractivity contribution in [3.05, 3.63) is 35.9 Å². The van der Waals surface area contributed by atoms with Crippen LogP contribution in [0, 0.1) is 5.92 Å². The van der Waals surface area contributed by atoms with Crippen molar-refractivity contribution in [1.82, 2.24) is 15.1 Å². The molecule has 2 rings (SSSR count). The number of nitrogens with two attached hydrogens (primary N) is 1. The van der Waals surface area contributed by atoms with Crippen molar-refractivity contribution in [2.75, 3.05) is 26.2 Å². The zero-order valence-corrected chi connectivity index (χ0v) is 18.4. The molecule has 1 aliphatic heterocycles. The molecule has 0 aliphatic carbocycles. The number of alkyl halides is 3. The van der Waals surface area contributed by atoms with Gasteiger partial charge in [-0.2, -0.15) is 13.2 Å². The molecule has 3 N–H and O–H groups in total. The van der Waals surface area contributed by atoms with Crippen molar-refractivity contribution in [3.8, 4) is 0 Å². The predicted molar refractivity (Wildman–Crippen MR) is 113 cm³/mol. The van der Waals surface area contributed by atoms with Gasteiger partial charge in [-0.05, 0) is 30.7 Å². The van der Waals surface area contributed by atoms with Crippen molar-refractivity contribution in [3.63, 3.8) is 0 Å². The maximum atomic E-state index is 13.2. The summed E-state index contributed by atoms with van der Waals surface area (Å²) in [6.45, 7) is 3.30. The Labute approximate surface area is 186 Å². The zero-order chi connectivity index (χ0) is 23.9. The highest BCUT2D eigenvalue weighted by atomic mass is 19.4. The Morgan fingerprint density at radius 1 is 1.22 bits per heavy atom. The van der Waals surface area contributed by atoms with E-state index in [-0.39, 0.29) is 37.9 Å². The highest BCUT2D eigenvalue weighted by Gasteiger charge is 2.44. The van der Waals surface area contributed by atoms with Gasteiger partial charge in [-0.25, -0.2) is 0 Å². The molecule has 0 radical (unpaired) electrons. The van der Waals surface area contributed by atoms with Gasteiger partial charge < -0.3 is 20.9 Å². The van der Waals surface area contributed by atoms with Crippen LogP contribution >= 0.6 is 0 Å². The van der Waals surface area contributed by atoms with Crippen molar-refractivity contribution < 1.29 is 27.6 Å². The van der Waals surface area contributed by atoms with Gasteiger partial charge in [-0.15, -0.1) is 0 Å². The fraction of sp³-hybridized carbons (Fsp3) is 0.591. The largest absolute Gasteiger partial charge is 0.471 e. The van der Waals surface area contributed by atoms with Crippen LogP contribution in [-0.2, 0) is 20.8 Å². The second kappa shape index (κ2) is 11.3. The summed E-state index contributed by atoms with van der Waals surface area (Å²) in [5, 5.41) is 2.59. The van der Waals surface area contributed by atoms with Crippen molar-refractivity contribution in [2.24, 2.45) is 11.7 Å². The van der Waals surface area contributed by atoms with E-state index in [1.807, 2.05) is 0 Å². The predicted octanol–water partition coefficient (Wildman–Crippen LogP) is 1.71. The van der Waals surface area contributed by atoms with Crippen LogP contribution in [0.2, 0.25) is 0 Å². The van der Waals surface area contributed by atoms with Crippen LogP contribution in [0.1, 0.15) is 32.3 Å². The van der Waals surface area contributed by atoms with Crippen molar-refractivity contribution >= 4 is 17.7 Å². The Kier molecular flexibility index (Phi) is 9.06. The van der Waals surface area contributed by atoms with Crippen LogP contribution in [0.4, 0.5) is 13.2 Å². The standard InChI is InChI=1S/C22H31F3N4O3/c1-15(2)19(27-18(30)13-26)20(31)29-11-6-9-17(29)14-28(21(32)22(23,24)25)12-10-16-7-4-3-5-8-16/h3-5,7-8,15,17,19H,6,9-14,26H2,1-2H3,(H,27,30)/t17-,19-/m0/s1. The third-order valence-corrected chi connectivity index (χ3v) is 5.57. The number of benzene rings is 1. The Morgan fingerprint density at radius 2 is 1.88 bits per heavy atom. The van der Waals surface area contributed by atoms with Crippen LogP contribution in [0.15, 0.2) is 30.3 Å². The van der Waals surface area contributed by atoms with Gasteiger partial charge in [0.2, 0.25) is 11.8 Å². The Morgan fingerprint density at radius 3 is 2.44 bits per heavy atom. The number of amides is 3. The molecule has 10 heteroatoms. The van der Waals surface area contributed by atoms with Crippen LogP contribution < -0.4 is 11.1 Å². The Balaban J connectivity index is 2.16. The number of carbonyl (C=O) groups excluding carboxylic acids is 3. The second-order valence-corrected chi connectivity index (χ2v) is 8.31. The summed E-state index contributed by atoms with van der Waals surface area (Å²) in [5.74, 6) is -2.99. The maximum absolute atomic E-state index is 13.2. The fourth-order valence-electron chi connectivity index (χ4n) is 3.86. The number of hydrogen-bond donors (Lipinski definition) is 2. The molecule has 1 fully saturated rings. The van der Waals surface area contributed by atoms with Crippen LogP contribution in [-0.4, -0.2) is 72.0 Å². The summed E-state index contributed by atoms with van der Waals surface area (Å²) >= 11 is 0. The van der Waals surface area contributed by atoms with Gasteiger partial charge >= 0.3 is 12.1 Å². The van der Waals surface area contributed by atoms with E-state index in [2.05, 4.69) is 5.32 Å². The molecule has 0 unspecified atom stereocenters. The number of halogens is 3. The Bertz CT molecular complexity index is 786. The summed E-state index contributed by atoms with van der Waals surface area (Å²) in [4.78, 5) is 39.2. The molecule has 3 amide bonds. The summed E-state index contributed by atoms with van der Waals surface area (Å²) in [5.41, 5.74) is 6.15. The summed E-state index contributed by atoms with van der Waals surface area (Å²) in [6.07, 6.45) is -3.64. The SMILES string of the molecule is CC(C)[C@H](NC(=O)CN)C(=O)N1CCC[C@H]1CN(CCc1ccccc1)C(=O)C(F)(F)F. The van der Waals surface area contributed by atoms with Crippen LogP contribution in [0.3, 0.4) is 0 Å². The molecule has 7 nitrogen and oxygen atoms in total. The summed E-state index contributed by atoms with van der Waals surface area (Å²) in [6, 6.07) is 7.56. The summed E-state index contributed by atoms with van der Waals surface area (Å²) in [7, 11) is 0. The van der Waals surface area contributed by atoms with Gasteiger partial charge in [0.15, 0.2) is 0 Å². The number of hydrogen-bond acceptors (Lipinski definition) is 4. The molecule has 1 saturated heterocycles. The molecule has 0 spiro atoms. The molecule has 0 aromatic heterocycles. The minimum Gasteiger partial charge on any atom is -0.343 e. The Hall–Kier alpha value is -2.62. The van der Waals surface area contributed by atoms with E-state index in [4.69, 9.17) is 5.73 Å². The lowest BCUT2D eigenvalue weighted by Gasteiger charge is -2.34. The highest BCUT2D eigenvalue weighted by molar-refractivity contribution is 5.89. The molecule has 178 valence electrons. The average Bonchev–Trinajstić information content (AvgIpc) is 3.21. The minimum atomic E-state index is -5.00. The minimum absolute atomic E-state index is 0.113. The third-order valence-electron chi connectivity index (χ3n) is 5.57. The molecule has 1 aliphatic rings. The highest BCUT2D eigenvalue weighted by Crippen LogP contribution is 2.24. The molecular formula is C22H31F3N4O3. The molecule has 1 aromatic carbocycles. The first-order valence-electron chi connectivity index (χ1n) is 10.7. The normalized spacial score (nSPS) is 17.3. The van der Waals surface area contributed by atoms with Gasteiger partial charge in [0.25, 0.3) is 0 Å². The first kappa shape index (κ1) is 25.6.